The van der Waals surface area contributed by atoms with Gasteiger partial charge < -0.3 is 19.5 Å². The predicted molar refractivity (Wildman–Crippen MR) is 137 cm³/mol. The van der Waals surface area contributed by atoms with E-state index in [-0.39, 0.29) is 6.10 Å². The number of fused-ring (bicyclic) bond motifs is 1. The van der Waals surface area contributed by atoms with Crippen molar-refractivity contribution in [2.75, 3.05) is 20.7 Å². The Hall–Kier alpha value is -3.45. The molecule has 0 saturated heterocycles. The SMILES string of the molecule is CCN(C)Cc1cc([C@@H]2CCc3ccc(C[C@H](C)C(=O)O)cc3O2)ccc1-c1cc(OC)ncc1F. The summed E-state index contributed by atoms with van der Waals surface area (Å²) >= 11 is 0. The Kier molecular flexibility index (Phi) is 7.89. The highest BCUT2D eigenvalue weighted by Gasteiger charge is 2.24. The summed E-state index contributed by atoms with van der Waals surface area (Å²) in [4.78, 5) is 17.4. The van der Waals surface area contributed by atoms with Crippen LogP contribution in [0.5, 0.6) is 11.6 Å². The van der Waals surface area contributed by atoms with Gasteiger partial charge in [-0.2, -0.15) is 0 Å². The molecular weight excluding hydrogens is 459 g/mol. The zero-order valence-electron chi connectivity index (χ0n) is 21.3. The van der Waals surface area contributed by atoms with Gasteiger partial charge in [-0.25, -0.2) is 9.37 Å². The van der Waals surface area contributed by atoms with Crippen LogP contribution in [0.15, 0.2) is 48.7 Å². The Morgan fingerprint density at radius 3 is 2.78 bits per heavy atom. The first-order chi connectivity index (χ1) is 17.3. The van der Waals surface area contributed by atoms with E-state index in [1.807, 2.05) is 37.4 Å². The maximum Gasteiger partial charge on any atom is 0.306 e. The second-order valence-corrected chi connectivity index (χ2v) is 9.48. The van der Waals surface area contributed by atoms with Gasteiger partial charge in [-0.15, -0.1) is 0 Å². The maximum absolute atomic E-state index is 14.8. The average molecular weight is 493 g/mol. The number of hydrogen-bond donors (Lipinski definition) is 1. The van der Waals surface area contributed by atoms with E-state index in [0.29, 0.717) is 24.4 Å². The largest absolute Gasteiger partial charge is 0.485 e. The van der Waals surface area contributed by atoms with Gasteiger partial charge in [-0.3, -0.25) is 4.79 Å². The van der Waals surface area contributed by atoms with Gasteiger partial charge in [0.2, 0.25) is 5.88 Å². The number of halogens is 1. The fourth-order valence-corrected chi connectivity index (χ4v) is 4.56. The van der Waals surface area contributed by atoms with Gasteiger partial charge in [0, 0.05) is 18.2 Å². The van der Waals surface area contributed by atoms with Gasteiger partial charge in [-0.05, 0) is 66.7 Å². The fraction of sp³-hybridized carbons (Fsp3) is 0.379. The number of rotatable bonds is 9. The molecule has 1 aromatic heterocycles. The van der Waals surface area contributed by atoms with Crippen molar-refractivity contribution < 1.29 is 23.8 Å². The van der Waals surface area contributed by atoms with E-state index >= 15 is 0 Å². The number of methoxy groups -OCH3 is 1. The minimum absolute atomic E-state index is 0.138. The van der Waals surface area contributed by atoms with Crippen LogP contribution in [0, 0.1) is 11.7 Å². The average Bonchev–Trinajstić information content (AvgIpc) is 2.88. The summed E-state index contributed by atoms with van der Waals surface area (Å²) in [6.07, 6.45) is 3.22. The number of aryl methyl sites for hydroxylation is 1. The Labute approximate surface area is 211 Å². The van der Waals surface area contributed by atoms with E-state index in [1.54, 1.807) is 13.0 Å². The molecule has 1 aliphatic rings. The van der Waals surface area contributed by atoms with Crippen LogP contribution >= 0.6 is 0 Å². The molecule has 2 atom stereocenters. The maximum atomic E-state index is 14.8. The van der Waals surface area contributed by atoms with Crippen LogP contribution in [0.2, 0.25) is 0 Å². The number of ether oxygens (including phenoxy) is 2. The number of carboxylic acids is 1. The van der Waals surface area contributed by atoms with Crippen molar-refractivity contribution in [2.45, 2.75) is 45.8 Å². The second-order valence-electron chi connectivity index (χ2n) is 9.48. The molecule has 7 heteroatoms. The molecule has 0 fully saturated rings. The number of aliphatic carboxylic acids is 1. The smallest absolute Gasteiger partial charge is 0.306 e. The number of benzene rings is 2. The third kappa shape index (κ3) is 5.68. The van der Waals surface area contributed by atoms with Gasteiger partial charge >= 0.3 is 5.97 Å². The molecular formula is C29H33FN2O4. The minimum Gasteiger partial charge on any atom is -0.485 e. The summed E-state index contributed by atoms with van der Waals surface area (Å²) in [6.45, 7) is 5.31. The summed E-state index contributed by atoms with van der Waals surface area (Å²) in [5.74, 6) is -0.484. The molecule has 0 unspecified atom stereocenters. The zero-order chi connectivity index (χ0) is 25.8. The van der Waals surface area contributed by atoms with Crippen molar-refractivity contribution in [3.63, 3.8) is 0 Å². The van der Waals surface area contributed by atoms with Crippen LogP contribution in [0.25, 0.3) is 11.1 Å². The van der Waals surface area contributed by atoms with E-state index in [9.17, 15) is 14.3 Å². The van der Waals surface area contributed by atoms with Gasteiger partial charge in [-0.1, -0.05) is 44.2 Å². The Balaban J connectivity index is 1.65. The van der Waals surface area contributed by atoms with Crippen LogP contribution in [-0.2, 0) is 24.2 Å². The van der Waals surface area contributed by atoms with E-state index in [0.717, 1.165) is 53.0 Å². The van der Waals surface area contributed by atoms with Gasteiger partial charge in [0.15, 0.2) is 0 Å². The number of carboxylic acid groups (broad SMARTS) is 1. The third-order valence-electron chi connectivity index (χ3n) is 6.85. The van der Waals surface area contributed by atoms with Crippen LogP contribution in [-0.4, -0.2) is 41.7 Å². The molecule has 6 nitrogen and oxygen atoms in total. The summed E-state index contributed by atoms with van der Waals surface area (Å²) in [5.41, 5.74) is 5.38. The molecule has 2 aromatic carbocycles. The molecule has 36 heavy (non-hydrogen) atoms. The Bertz CT molecular complexity index is 1250. The van der Waals surface area contributed by atoms with Gasteiger partial charge in [0.25, 0.3) is 0 Å². The highest BCUT2D eigenvalue weighted by molar-refractivity contribution is 5.70. The molecule has 0 bridgehead atoms. The van der Waals surface area contributed by atoms with Crippen LogP contribution in [0.1, 0.15) is 48.6 Å². The lowest BCUT2D eigenvalue weighted by molar-refractivity contribution is -0.141. The molecule has 0 saturated carbocycles. The highest BCUT2D eigenvalue weighted by Crippen LogP contribution is 2.38. The number of aromatic nitrogens is 1. The van der Waals surface area contributed by atoms with Crippen LogP contribution in [0.3, 0.4) is 0 Å². The molecule has 0 radical (unpaired) electrons. The lowest BCUT2D eigenvalue weighted by atomic mass is 9.91. The van der Waals surface area contributed by atoms with Gasteiger partial charge in [0.05, 0.1) is 19.2 Å². The monoisotopic (exact) mass is 492 g/mol. The number of hydrogen-bond acceptors (Lipinski definition) is 5. The standard InChI is InChI=1S/C29H33FN2O4/c1-5-32(3)17-22-14-21(8-10-23(22)24-15-28(35-4)31-16-25(24)30)26-11-9-20-7-6-19(13-27(20)36-26)12-18(2)29(33)34/h6-8,10,13-16,18,26H,5,9,11-12,17H2,1-4H3,(H,33,34)/t18-,26-/m0/s1. The second kappa shape index (κ2) is 11.1. The van der Waals surface area contributed by atoms with Gasteiger partial charge in [0.1, 0.15) is 17.7 Å². The molecule has 0 aliphatic carbocycles. The van der Waals surface area contributed by atoms with Crippen molar-refractivity contribution in [1.82, 2.24) is 9.88 Å². The first-order valence-corrected chi connectivity index (χ1v) is 12.3. The Morgan fingerprint density at radius 1 is 1.25 bits per heavy atom. The van der Waals surface area contributed by atoms with E-state index < -0.39 is 17.7 Å². The lowest BCUT2D eigenvalue weighted by Gasteiger charge is -2.28. The number of carbonyl (C=O) groups is 1. The summed E-state index contributed by atoms with van der Waals surface area (Å²) in [6, 6.07) is 13.7. The van der Waals surface area contributed by atoms with Crippen molar-refractivity contribution >= 4 is 5.97 Å². The Morgan fingerprint density at radius 2 is 2.06 bits per heavy atom. The molecule has 0 amide bonds. The number of pyridine rings is 1. The van der Waals surface area contributed by atoms with Crippen molar-refractivity contribution in [3.8, 4) is 22.8 Å². The van der Waals surface area contributed by atoms with Crippen molar-refractivity contribution in [1.29, 1.82) is 0 Å². The number of nitrogens with zero attached hydrogens (tertiary/aromatic N) is 2. The van der Waals surface area contributed by atoms with Crippen molar-refractivity contribution in [2.24, 2.45) is 5.92 Å². The van der Waals surface area contributed by atoms with Crippen LogP contribution in [0.4, 0.5) is 4.39 Å². The first-order valence-electron chi connectivity index (χ1n) is 12.3. The summed E-state index contributed by atoms with van der Waals surface area (Å²) in [7, 11) is 3.55. The third-order valence-corrected chi connectivity index (χ3v) is 6.85. The highest BCUT2D eigenvalue weighted by atomic mass is 19.1. The fourth-order valence-electron chi connectivity index (χ4n) is 4.56. The lowest BCUT2D eigenvalue weighted by Crippen LogP contribution is -2.19. The molecule has 2 heterocycles. The van der Waals surface area contributed by atoms with E-state index in [4.69, 9.17) is 9.47 Å². The quantitative estimate of drug-likeness (QED) is 0.415. The van der Waals surface area contributed by atoms with Crippen molar-refractivity contribution in [3.05, 3.63) is 76.7 Å². The predicted octanol–water partition coefficient (Wildman–Crippen LogP) is 5.68. The van der Waals surface area contributed by atoms with E-state index in [2.05, 4.69) is 22.9 Å². The normalized spacial score (nSPS) is 15.8. The summed E-state index contributed by atoms with van der Waals surface area (Å²) < 4.78 is 26.5. The minimum atomic E-state index is -0.806. The molecule has 1 aliphatic heterocycles. The molecule has 4 rings (SSSR count). The first kappa shape index (κ1) is 25.6. The summed E-state index contributed by atoms with van der Waals surface area (Å²) in [5, 5.41) is 9.26. The zero-order valence-corrected chi connectivity index (χ0v) is 21.3. The molecule has 0 spiro atoms. The molecule has 190 valence electrons. The topological polar surface area (TPSA) is 71.9 Å². The van der Waals surface area contributed by atoms with Crippen LogP contribution < -0.4 is 9.47 Å². The molecule has 1 N–H and O–H groups in total. The van der Waals surface area contributed by atoms with E-state index in [1.165, 1.54) is 13.3 Å². The molecule has 3 aromatic rings.